The van der Waals surface area contributed by atoms with Gasteiger partial charge >= 0.3 is 0 Å². The minimum absolute atomic E-state index is 0.193. The number of halogens is 1. The fraction of sp³-hybridized carbons (Fsp3) is 0.643. The summed E-state index contributed by atoms with van der Waals surface area (Å²) in [6, 6.07) is 0.502. The Balaban J connectivity index is 1.63. The summed E-state index contributed by atoms with van der Waals surface area (Å²) in [7, 11) is 0. The van der Waals surface area contributed by atoms with E-state index >= 15 is 0 Å². The zero-order valence-corrected chi connectivity index (χ0v) is 14.0. The summed E-state index contributed by atoms with van der Waals surface area (Å²) in [6.45, 7) is 6.20. The normalized spacial score (nSPS) is 17.5. The molecule has 1 aliphatic heterocycles. The first-order valence-electron chi connectivity index (χ1n) is 7.49. The maximum Gasteiger partial charge on any atom is 0.149 e. The van der Waals surface area contributed by atoms with Gasteiger partial charge in [-0.05, 0) is 42.6 Å². The minimum atomic E-state index is 0.193. The van der Waals surface area contributed by atoms with Gasteiger partial charge in [0.15, 0.2) is 0 Å². The van der Waals surface area contributed by atoms with Gasteiger partial charge in [0.05, 0.1) is 23.3 Å². The van der Waals surface area contributed by atoms with Gasteiger partial charge in [-0.2, -0.15) is 5.10 Å². The zero-order chi connectivity index (χ0) is 14.8. The van der Waals surface area contributed by atoms with E-state index in [-0.39, 0.29) is 6.04 Å². The number of aromatic nitrogens is 5. The van der Waals surface area contributed by atoms with Gasteiger partial charge in [-0.15, -0.1) is 10.2 Å². The van der Waals surface area contributed by atoms with Crippen molar-refractivity contribution in [2.45, 2.75) is 58.3 Å². The summed E-state index contributed by atoms with van der Waals surface area (Å²) < 4.78 is 5.22. The average Bonchev–Trinajstić information content (AvgIpc) is 3.04. The van der Waals surface area contributed by atoms with E-state index in [0.717, 1.165) is 35.6 Å². The van der Waals surface area contributed by atoms with Gasteiger partial charge in [-0.3, -0.25) is 4.68 Å². The highest BCUT2D eigenvalue weighted by molar-refractivity contribution is 9.10. The molecule has 1 N–H and O–H groups in total. The molecule has 7 heteroatoms. The second-order valence-electron chi connectivity index (χ2n) is 5.75. The van der Waals surface area contributed by atoms with Crippen LogP contribution in [0.3, 0.4) is 0 Å². The van der Waals surface area contributed by atoms with E-state index in [4.69, 9.17) is 0 Å². The largest absolute Gasteiger partial charge is 0.314 e. The Morgan fingerprint density at radius 2 is 2.19 bits per heavy atom. The van der Waals surface area contributed by atoms with Gasteiger partial charge in [-0.25, -0.2) is 0 Å². The molecule has 0 bridgehead atoms. The van der Waals surface area contributed by atoms with Gasteiger partial charge in [0.25, 0.3) is 0 Å². The Morgan fingerprint density at radius 1 is 1.33 bits per heavy atom. The second kappa shape index (κ2) is 6.27. The SMILES string of the molecule is C[C@H](N[C@@H](C)Cn1cc(Br)cn1)c1nnc2n1CCCC2. The van der Waals surface area contributed by atoms with Crippen LogP contribution < -0.4 is 5.32 Å². The Hall–Kier alpha value is -1.21. The Labute approximate surface area is 133 Å². The molecular formula is C14H21BrN6. The number of fused-ring (bicyclic) bond motifs is 1. The van der Waals surface area contributed by atoms with Crippen LogP contribution in [0.15, 0.2) is 16.9 Å². The number of hydrogen-bond donors (Lipinski definition) is 1. The molecule has 2 aromatic heterocycles. The molecule has 6 nitrogen and oxygen atoms in total. The third kappa shape index (κ3) is 3.35. The van der Waals surface area contributed by atoms with Gasteiger partial charge in [-0.1, -0.05) is 0 Å². The maximum atomic E-state index is 4.38. The summed E-state index contributed by atoms with van der Waals surface area (Å²) in [5.41, 5.74) is 0. The molecule has 0 saturated carbocycles. The standard InChI is InChI=1S/C14H21BrN6/c1-10(8-20-9-12(15)7-16-20)17-11(2)14-19-18-13-5-3-4-6-21(13)14/h7,9-11,17H,3-6,8H2,1-2H3/t10-,11-/m0/s1. The fourth-order valence-corrected chi connectivity index (χ4v) is 3.25. The lowest BCUT2D eigenvalue weighted by molar-refractivity contribution is 0.389. The monoisotopic (exact) mass is 352 g/mol. The van der Waals surface area contributed by atoms with Crippen molar-refractivity contribution >= 4 is 15.9 Å². The van der Waals surface area contributed by atoms with E-state index < -0.39 is 0 Å². The molecule has 0 unspecified atom stereocenters. The third-order valence-electron chi connectivity index (χ3n) is 3.87. The molecule has 2 atom stereocenters. The van der Waals surface area contributed by atoms with Crippen LogP contribution in [0.2, 0.25) is 0 Å². The number of nitrogens with zero attached hydrogens (tertiary/aromatic N) is 5. The smallest absolute Gasteiger partial charge is 0.149 e. The second-order valence-corrected chi connectivity index (χ2v) is 6.67. The van der Waals surface area contributed by atoms with E-state index in [1.54, 1.807) is 0 Å². The Morgan fingerprint density at radius 3 is 2.95 bits per heavy atom. The molecular weight excluding hydrogens is 332 g/mol. The molecule has 0 radical (unpaired) electrons. The van der Waals surface area contributed by atoms with E-state index in [9.17, 15) is 0 Å². The number of rotatable bonds is 5. The van der Waals surface area contributed by atoms with Crippen LogP contribution in [0, 0.1) is 0 Å². The molecule has 0 aliphatic carbocycles. The van der Waals surface area contributed by atoms with Gasteiger partial charge in [0, 0.05) is 25.2 Å². The molecule has 0 aromatic carbocycles. The van der Waals surface area contributed by atoms with Crippen molar-refractivity contribution in [3.8, 4) is 0 Å². The van der Waals surface area contributed by atoms with Crippen LogP contribution >= 0.6 is 15.9 Å². The lowest BCUT2D eigenvalue weighted by Crippen LogP contribution is -2.34. The Bertz CT molecular complexity index is 604. The molecule has 0 spiro atoms. The summed E-state index contributed by atoms with van der Waals surface area (Å²) in [5.74, 6) is 2.19. The van der Waals surface area contributed by atoms with Gasteiger partial charge < -0.3 is 9.88 Å². The summed E-state index contributed by atoms with van der Waals surface area (Å²) in [5, 5.41) is 16.6. The summed E-state index contributed by atoms with van der Waals surface area (Å²) in [6.07, 6.45) is 7.30. The summed E-state index contributed by atoms with van der Waals surface area (Å²) in [4.78, 5) is 0. The first-order valence-corrected chi connectivity index (χ1v) is 8.29. The van der Waals surface area contributed by atoms with Crippen LogP contribution in [0.5, 0.6) is 0 Å². The maximum absolute atomic E-state index is 4.38. The van der Waals surface area contributed by atoms with Crippen LogP contribution in [0.1, 0.15) is 44.4 Å². The predicted molar refractivity (Wildman–Crippen MR) is 83.9 cm³/mol. The first-order chi connectivity index (χ1) is 10.1. The lowest BCUT2D eigenvalue weighted by atomic mass is 10.1. The fourth-order valence-electron chi connectivity index (χ4n) is 2.92. The average molecular weight is 353 g/mol. The van der Waals surface area contributed by atoms with Crippen molar-refractivity contribution in [2.24, 2.45) is 0 Å². The van der Waals surface area contributed by atoms with Crippen LogP contribution in [0.25, 0.3) is 0 Å². The van der Waals surface area contributed by atoms with E-state index in [0.29, 0.717) is 6.04 Å². The van der Waals surface area contributed by atoms with Crippen molar-refractivity contribution < 1.29 is 0 Å². The highest BCUT2D eigenvalue weighted by Crippen LogP contribution is 2.19. The van der Waals surface area contributed by atoms with Crippen molar-refractivity contribution in [3.63, 3.8) is 0 Å². The highest BCUT2D eigenvalue weighted by Gasteiger charge is 2.21. The number of aryl methyl sites for hydroxylation is 1. The zero-order valence-electron chi connectivity index (χ0n) is 12.5. The molecule has 3 rings (SSSR count). The first kappa shape index (κ1) is 14.7. The van der Waals surface area contributed by atoms with Gasteiger partial charge in [0.1, 0.15) is 11.6 Å². The molecule has 2 aromatic rings. The molecule has 21 heavy (non-hydrogen) atoms. The lowest BCUT2D eigenvalue weighted by Gasteiger charge is -2.22. The molecule has 3 heterocycles. The van der Waals surface area contributed by atoms with E-state index in [1.165, 1.54) is 12.8 Å². The minimum Gasteiger partial charge on any atom is -0.314 e. The van der Waals surface area contributed by atoms with Crippen molar-refractivity contribution in [1.82, 2.24) is 29.9 Å². The Kier molecular flexibility index (Phi) is 4.40. The van der Waals surface area contributed by atoms with Crippen LogP contribution in [-0.4, -0.2) is 30.6 Å². The van der Waals surface area contributed by atoms with Crippen LogP contribution in [-0.2, 0) is 19.5 Å². The third-order valence-corrected chi connectivity index (χ3v) is 4.28. The van der Waals surface area contributed by atoms with Crippen LogP contribution in [0.4, 0.5) is 0 Å². The quantitative estimate of drug-likeness (QED) is 0.896. The topological polar surface area (TPSA) is 60.6 Å². The highest BCUT2D eigenvalue weighted by atomic mass is 79.9. The molecule has 0 fully saturated rings. The summed E-state index contributed by atoms with van der Waals surface area (Å²) >= 11 is 3.42. The van der Waals surface area contributed by atoms with E-state index in [2.05, 4.69) is 55.0 Å². The number of hydrogen-bond acceptors (Lipinski definition) is 4. The van der Waals surface area contributed by atoms with Crippen molar-refractivity contribution in [2.75, 3.05) is 0 Å². The molecule has 114 valence electrons. The molecule has 0 amide bonds. The van der Waals surface area contributed by atoms with E-state index in [1.807, 2.05) is 17.1 Å². The van der Waals surface area contributed by atoms with Crippen molar-refractivity contribution in [1.29, 1.82) is 0 Å². The predicted octanol–water partition coefficient (Wildman–Crippen LogP) is 2.31. The number of nitrogens with one attached hydrogen (secondary N) is 1. The molecule has 0 saturated heterocycles. The molecule has 1 aliphatic rings. The van der Waals surface area contributed by atoms with Gasteiger partial charge in [0.2, 0.25) is 0 Å². The van der Waals surface area contributed by atoms with Crippen molar-refractivity contribution in [3.05, 3.63) is 28.5 Å².